The number of aryl methyl sites for hydroxylation is 1. The molecule has 0 heterocycles. The van der Waals surface area contributed by atoms with Gasteiger partial charge >= 0.3 is 0 Å². The maximum absolute atomic E-state index is 11.7. The Kier molecular flexibility index (Phi) is 5.35. The normalized spacial score (nSPS) is 10.1. The molecule has 1 aromatic rings. The molecular weight excluding hydrogens is 234 g/mol. The van der Waals surface area contributed by atoms with Crippen molar-refractivity contribution in [2.75, 3.05) is 24.8 Å². The molecule has 0 aliphatic carbocycles. The molecule has 0 aliphatic heterocycles. The SMILES string of the molecule is CCc1cc(N(C)C(=O)CCS)ccc1OC. The average Bonchev–Trinajstić information content (AvgIpc) is 2.37. The van der Waals surface area contributed by atoms with Gasteiger partial charge in [-0.3, -0.25) is 4.79 Å². The summed E-state index contributed by atoms with van der Waals surface area (Å²) < 4.78 is 5.26. The lowest BCUT2D eigenvalue weighted by Crippen LogP contribution is -2.26. The molecule has 0 saturated carbocycles. The Hall–Kier alpha value is -1.16. The molecule has 3 nitrogen and oxygen atoms in total. The number of carbonyl (C=O) groups excluding carboxylic acids is 1. The molecule has 1 aromatic carbocycles. The van der Waals surface area contributed by atoms with E-state index in [9.17, 15) is 4.79 Å². The molecule has 0 fully saturated rings. The number of ether oxygens (including phenoxy) is 1. The highest BCUT2D eigenvalue weighted by Gasteiger charge is 2.11. The number of thiol groups is 1. The van der Waals surface area contributed by atoms with Crippen molar-refractivity contribution in [2.24, 2.45) is 0 Å². The summed E-state index contributed by atoms with van der Waals surface area (Å²) in [4.78, 5) is 13.4. The van der Waals surface area contributed by atoms with E-state index >= 15 is 0 Å². The van der Waals surface area contributed by atoms with E-state index in [2.05, 4.69) is 19.6 Å². The minimum absolute atomic E-state index is 0.0761. The fourth-order valence-corrected chi connectivity index (χ4v) is 1.85. The van der Waals surface area contributed by atoms with Crippen LogP contribution in [0.2, 0.25) is 0 Å². The lowest BCUT2D eigenvalue weighted by Gasteiger charge is -2.18. The summed E-state index contributed by atoms with van der Waals surface area (Å²) in [6.45, 7) is 2.07. The van der Waals surface area contributed by atoms with Gasteiger partial charge in [-0.2, -0.15) is 12.6 Å². The third kappa shape index (κ3) is 3.40. The third-order valence-electron chi connectivity index (χ3n) is 2.73. The van der Waals surface area contributed by atoms with Gasteiger partial charge in [0, 0.05) is 19.2 Å². The molecule has 0 aromatic heterocycles. The molecule has 0 unspecified atom stereocenters. The van der Waals surface area contributed by atoms with Crippen LogP contribution in [0.15, 0.2) is 18.2 Å². The molecule has 4 heteroatoms. The van der Waals surface area contributed by atoms with Gasteiger partial charge in [0.05, 0.1) is 7.11 Å². The number of hydrogen-bond acceptors (Lipinski definition) is 3. The van der Waals surface area contributed by atoms with Gasteiger partial charge in [0.15, 0.2) is 0 Å². The van der Waals surface area contributed by atoms with E-state index in [1.54, 1.807) is 19.1 Å². The molecule has 0 atom stereocenters. The monoisotopic (exact) mass is 253 g/mol. The molecule has 1 amide bonds. The molecule has 17 heavy (non-hydrogen) atoms. The van der Waals surface area contributed by atoms with Crippen LogP contribution >= 0.6 is 12.6 Å². The van der Waals surface area contributed by atoms with Crippen LogP contribution in [-0.4, -0.2) is 25.8 Å². The highest BCUT2D eigenvalue weighted by Crippen LogP contribution is 2.25. The molecule has 0 N–H and O–H groups in total. The Morgan fingerprint density at radius 3 is 2.71 bits per heavy atom. The second kappa shape index (κ2) is 6.55. The van der Waals surface area contributed by atoms with Crippen molar-refractivity contribution in [3.05, 3.63) is 23.8 Å². The van der Waals surface area contributed by atoms with Gasteiger partial charge in [-0.25, -0.2) is 0 Å². The first-order valence-electron chi connectivity index (χ1n) is 5.68. The van der Waals surface area contributed by atoms with Crippen molar-refractivity contribution in [1.29, 1.82) is 0 Å². The number of rotatable bonds is 5. The summed E-state index contributed by atoms with van der Waals surface area (Å²) in [6, 6.07) is 5.79. The quantitative estimate of drug-likeness (QED) is 0.817. The maximum Gasteiger partial charge on any atom is 0.227 e. The highest BCUT2D eigenvalue weighted by molar-refractivity contribution is 7.80. The van der Waals surface area contributed by atoms with Crippen molar-refractivity contribution in [2.45, 2.75) is 19.8 Å². The van der Waals surface area contributed by atoms with Crippen LogP contribution in [0, 0.1) is 0 Å². The Morgan fingerprint density at radius 2 is 2.18 bits per heavy atom. The Balaban J connectivity index is 2.95. The molecule has 0 saturated heterocycles. The van der Waals surface area contributed by atoms with E-state index in [4.69, 9.17) is 4.74 Å². The van der Waals surface area contributed by atoms with Crippen molar-refractivity contribution in [1.82, 2.24) is 0 Å². The average molecular weight is 253 g/mol. The molecule has 1 rings (SSSR count). The van der Waals surface area contributed by atoms with Crippen LogP contribution in [0.25, 0.3) is 0 Å². The molecule has 0 aliphatic rings. The number of anilines is 1. The van der Waals surface area contributed by atoms with Gasteiger partial charge < -0.3 is 9.64 Å². The first-order valence-corrected chi connectivity index (χ1v) is 6.31. The Labute approximate surface area is 108 Å². The number of methoxy groups -OCH3 is 1. The zero-order valence-electron chi connectivity index (χ0n) is 10.6. The zero-order valence-corrected chi connectivity index (χ0v) is 11.5. The molecule has 0 spiro atoms. The van der Waals surface area contributed by atoms with Crippen molar-refractivity contribution in [3.63, 3.8) is 0 Å². The van der Waals surface area contributed by atoms with Crippen LogP contribution in [0.5, 0.6) is 5.75 Å². The van der Waals surface area contributed by atoms with Crippen LogP contribution in [0.3, 0.4) is 0 Å². The van der Waals surface area contributed by atoms with E-state index in [0.717, 1.165) is 23.4 Å². The summed E-state index contributed by atoms with van der Waals surface area (Å²) in [5, 5.41) is 0. The van der Waals surface area contributed by atoms with Crippen LogP contribution in [0.4, 0.5) is 5.69 Å². The first-order chi connectivity index (χ1) is 8.13. The minimum Gasteiger partial charge on any atom is -0.496 e. The van der Waals surface area contributed by atoms with E-state index < -0.39 is 0 Å². The van der Waals surface area contributed by atoms with Crippen LogP contribution < -0.4 is 9.64 Å². The topological polar surface area (TPSA) is 29.5 Å². The van der Waals surface area contributed by atoms with Crippen LogP contribution in [0.1, 0.15) is 18.9 Å². The maximum atomic E-state index is 11.7. The lowest BCUT2D eigenvalue weighted by atomic mass is 10.1. The standard InChI is InChI=1S/C13H19NO2S/c1-4-10-9-11(5-6-12(10)16-3)14(2)13(15)7-8-17/h5-6,9,17H,4,7-8H2,1-3H3. The number of carbonyl (C=O) groups is 1. The van der Waals surface area contributed by atoms with E-state index in [-0.39, 0.29) is 5.91 Å². The largest absolute Gasteiger partial charge is 0.496 e. The summed E-state index contributed by atoms with van der Waals surface area (Å²) >= 11 is 4.07. The number of benzene rings is 1. The second-order valence-corrected chi connectivity index (χ2v) is 4.22. The Bertz CT molecular complexity index is 393. The fraction of sp³-hybridized carbons (Fsp3) is 0.462. The Morgan fingerprint density at radius 1 is 1.47 bits per heavy atom. The van der Waals surface area contributed by atoms with E-state index in [0.29, 0.717) is 12.2 Å². The number of hydrogen-bond donors (Lipinski definition) is 1. The van der Waals surface area contributed by atoms with Crippen LogP contribution in [-0.2, 0) is 11.2 Å². The van der Waals surface area contributed by atoms with Gasteiger partial charge in [-0.15, -0.1) is 0 Å². The predicted octanol–water partition coefficient (Wildman–Crippen LogP) is 2.54. The predicted molar refractivity (Wildman–Crippen MR) is 74.3 cm³/mol. The lowest BCUT2D eigenvalue weighted by molar-refractivity contribution is -0.117. The first kappa shape index (κ1) is 13.9. The summed E-state index contributed by atoms with van der Waals surface area (Å²) in [5.41, 5.74) is 2.00. The summed E-state index contributed by atoms with van der Waals surface area (Å²) in [7, 11) is 3.44. The minimum atomic E-state index is 0.0761. The fourth-order valence-electron chi connectivity index (χ4n) is 1.66. The molecule has 94 valence electrons. The van der Waals surface area contributed by atoms with Gasteiger partial charge in [0.25, 0.3) is 0 Å². The smallest absolute Gasteiger partial charge is 0.227 e. The molecule has 0 bridgehead atoms. The molecule has 0 radical (unpaired) electrons. The zero-order chi connectivity index (χ0) is 12.8. The second-order valence-electron chi connectivity index (χ2n) is 3.78. The summed E-state index contributed by atoms with van der Waals surface area (Å²) in [6.07, 6.45) is 1.33. The van der Waals surface area contributed by atoms with Gasteiger partial charge in [-0.1, -0.05) is 6.92 Å². The third-order valence-corrected chi connectivity index (χ3v) is 2.96. The van der Waals surface area contributed by atoms with Gasteiger partial charge in [-0.05, 0) is 35.9 Å². The van der Waals surface area contributed by atoms with E-state index in [1.165, 1.54) is 0 Å². The highest BCUT2D eigenvalue weighted by atomic mass is 32.1. The van der Waals surface area contributed by atoms with Crippen molar-refractivity contribution in [3.8, 4) is 5.75 Å². The number of amides is 1. The summed E-state index contributed by atoms with van der Waals surface area (Å²) in [5.74, 6) is 1.51. The number of nitrogens with zero attached hydrogens (tertiary/aromatic N) is 1. The van der Waals surface area contributed by atoms with E-state index in [1.807, 2.05) is 18.2 Å². The van der Waals surface area contributed by atoms with Gasteiger partial charge in [0.2, 0.25) is 5.91 Å². The molecular formula is C13H19NO2S. The van der Waals surface area contributed by atoms with Crippen molar-refractivity contribution >= 4 is 24.2 Å². The van der Waals surface area contributed by atoms with Gasteiger partial charge in [0.1, 0.15) is 5.75 Å². The van der Waals surface area contributed by atoms with Crippen molar-refractivity contribution < 1.29 is 9.53 Å².